The molecule has 0 spiro atoms. The van der Waals surface area contributed by atoms with Gasteiger partial charge in [-0.2, -0.15) is 0 Å². The molecule has 0 aromatic rings. The number of hydrogen-bond donors (Lipinski definition) is 0. The monoisotopic (exact) mass is 138 g/mol. The zero-order valence-electron chi connectivity index (χ0n) is 6.22. The average Bonchev–Trinajstić information content (AvgIpc) is 1.90. The maximum absolute atomic E-state index is 2.30. The minimum absolute atomic E-state index is 0. The molecule has 0 aliphatic heterocycles. The minimum Gasteiger partial charge on any atom is -0.0837 e. The normalized spacial score (nSPS) is 29.8. The summed E-state index contributed by atoms with van der Waals surface area (Å²) in [5.74, 6) is 0. The van der Waals surface area contributed by atoms with Crippen molar-refractivity contribution >= 4 is 0 Å². The van der Waals surface area contributed by atoms with Crippen LogP contribution in [0.15, 0.2) is 24.3 Å². The highest BCUT2D eigenvalue weighted by Crippen LogP contribution is 2.29. The summed E-state index contributed by atoms with van der Waals surface area (Å²) in [6.07, 6.45) is 11.3. The Morgan fingerprint density at radius 1 is 1.40 bits per heavy atom. The first-order valence-corrected chi connectivity index (χ1v) is 3.61. The topological polar surface area (TPSA) is 0 Å². The van der Waals surface area contributed by atoms with Gasteiger partial charge in [-0.15, -0.1) is 0 Å². The first kappa shape index (κ1) is 9.48. The lowest BCUT2D eigenvalue weighted by molar-refractivity contribution is 0.413. The van der Waals surface area contributed by atoms with E-state index in [2.05, 4.69) is 38.2 Å². The number of allylic oxidation sites excluding steroid dienone is 4. The molecule has 0 N–H and O–H groups in total. The number of rotatable bonds is 1. The van der Waals surface area contributed by atoms with Crippen LogP contribution < -0.4 is 0 Å². The Kier molecular flexibility index (Phi) is 3.41. The standard InChI is InChI=1S/C9H14.CH4/c1-3-9(2)7-5-4-6-8-9;/h4-7H,3,8H2,1-2H3;1H4/t9-;/m1./s1. The molecule has 1 rings (SSSR count). The molecule has 0 saturated heterocycles. The average molecular weight is 138 g/mol. The molecule has 0 heteroatoms. The second kappa shape index (κ2) is 3.60. The summed E-state index contributed by atoms with van der Waals surface area (Å²) in [4.78, 5) is 0. The van der Waals surface area contributed by atoms with Crippen molar-refractivity contribution in [3.8, 4) is 0 Å². The van der Waals surface area contributed by atoms with E-state index in [1.807, 2.05) is 0 Å². The van der Waals surface area contributed by atoms with Crippen LogP contribution in [0.2, 0.25) is 0 Å². The van der Waals surface area contributed by atoms with Crippen molar-refractivity contribution in [3.63, 3.8) is 0 Å². The lowest BCUT2D eigenvalue weighted by Crippen LogP contribution is -2.11. The van der Waals surface area contributed by atoms with Gasteiger partial charge in [-0.1, -0.05) is 45.6 Å². The molecule has 0 radical (unpaired) electrons. The van der Waals surface area contributed by atoms with Crippen molar-refractivity contribution < 1.29 is 0 Å². The predicted octanol–water partition coefficient (Wildman–Crippen LogP) is 3.55. The molecule has 0 nitrogen and oxygen atoms in total. The van der Waals surface area contributed by atoms with E-state index in [1.54, 1.807) is 0 Å². The van der Waals surface area contributed by atoms with Gasteiger partial charge in [0.05, 0.1) is 0 Å². The van der Waals surface area contributed by atoms with Crippen molar-refractivity contribution in [2.24, 2.45) is 5.41 Å². The molecular formula is C10H18. The van der Waals surface area contributed by atoms with Gasteiger partial charge in [0.25, 0.3) is 0 Å². The van der Waals surface area contributed by atoms with Gasteiger partial charge in [-0.25, -0.2) is 0 Å². The molecule has 1 aliphatic carbocycles. The van der Waals surface area contributed by atoms with Crippen molar-refractivity contribution in [3.05, 3.63) is 24.3 Å². The van der Waals surface area contributed by atoms with Gasteiger partial charge in [0.1, 0.15) is 0 Å². The highest BCUT2D eigenvalue weighted by Gasteiger charge is 2.16. The van der Waals surface area contributed by atoms with Crippen molar-refractivity contribution in [1.29, 1.82) is 0 Å². The van der Waals surface area contributed by atoms with Crippen molar-refractivity contribution in [2.45, 2.75) is 34.1 Å². The molecule has 0 aromatic carbocycles. The van der Waals surface area contributed by atoms with Gasteiger partial charge in [0.15, 0.2) is 0 Å². The van der Waals surface area contributed by atoms with Crippen LogP contribution in [-0.2, 0) is 0 Å². The molecule has 1 aliphatic rings. The second-order valence-corrected chi connectivity index (χ2v) is 3.00. The summed E-state index contributed by atoms with van der Waals surface area (Å²) < 4.78 is 0. The maximum Gasteiger partial charge on any atom is -0.0111 e. The lowest BCUT2D eigenvalue weighted by atomic mass is 9.82. The summed E-state index contributed by atoms with van der Waals surface area (Å²) in [5, 5.41) is 0. The van der Waals surface area contributed by atoms with Crippen LogP contribution in [0, 0.1) is 5.41 Å². The van der Waals surface area contributed by atoms with Gasteiger partial charge in [-0.05, 0) is 18.3 Å². The van der Waals surface area contributed by atoms with E-state index in [4.69, 9.17) is 0 Å². The van der Waals surface area contributed by atoms with E-state index in [-0.39, 0.29) is 7.43 Å². The van der Waals surface area contributed by atoms with Crippen molar-refractivity contribution in [1.82, 2.24) is 0 Å². The molecule has 10 heavy (non-hydrogen) atoms. The highest BCUT2D eigenvalue weighted by atomic mass is 14.2. The summed E-state index contributed by atoms with van der Waals surface area (Å²) in [5.41, 5.74) is 0.453. The first-order chi connectivity index (χ1) is 4.27. The molecule has 0 amide bonds. The molecule has 0 saturated carbocycles. The van der Waals surface area contributed by atoms with Crippen LogP contribution in [0.4, 0.5) is 0 Å². The van der Waals surface area contributed by atoms with Gasteiger partial charge in [0.2, 0.25) is 0 Å². The molecule has 0 heterocycles. The summed E-state index contributed by atoms with van der Waals surface area (Å²) in [7, 11) is 0. The van der Waals surface area contributed by atoms with Crippen LogP contribution in [-0.4, -0.2) is 0 Å². The quantitative estimate of drug-likeness (QED) is 0.519. The lowest BCUT2D eigenvalue weighted by Gasteiger charge is -2.23. The van der Waals surface area contributed by atoms with E-state index in [0.29, 0.717) is 5.41 Å². The highest BCUT2D eigenvalue weighted by molar-refractivity contribution is 5.14. The van der Waals surface area contributed by atoms with Crippen molar-refractivity contribution in [2.75, 3.05) is 0 Å². The molecule has 0 fully saturated rings. The molecular weight excluding hydrogens is 120 g/mol. The molecule has 0 unspecified atom stereocenters. The van der Waals surface area contributed by atoms with Crippen LogP contribution in [0.25, 0.3) is 0 Å². The summed E-state index contributed by atoms with van der Waals surface area (Å²) in [6, 6.07) is 0. The molecule has 0 aromatic heterocycles. The van der Waals surface area contributed by atoms with Crippen LogP contribution in [0.1, 0.15) is 34.1 Å². The molecule has 1 atom stereocenters. The molecule has 58 valence electrons. The fraction of sp³-hybridized carbons (Fsp3) is 0.600. The zero-order valence-corrected chi connectivity index (χ0v) is 6.22. The Morgan fingerprint density at radius 2 is 2.10 bits per heavy atom. The predicted molar refractivity (Wildman–Crippen MR) is 48.0 cm³/mol. The Hall–Kier alpha value is -0.520. The van der Waals surface area contributed by atoms with Crippen LogP contribution >= 0.6 is 0 Å². The van der Waals surface area contributed by atoms with Gasteiger partial charge in [0, 0.05) is 0 Å². The Bertz CT molecular complexity index is 142. The smallest absolute Gasteiger partial charge is 0.0111 e. The van der Waals surface area contributed by atoms with Crippen LogP contribution in [0.3, 0.4) is 0 Å². The van der Waals surface area contributed by atoms with Crippen LogP contribution in [0.5, 0.6) is 0 Å². The largest absolute Gasteiger partial charge is 0.0837 e. The molecule has 0 bridgehead atoms. The van der Waals surface area contributed by atoms with E-state index in [0.717, 1.165) is 0 Å². The van der Waals surface area contributed by atoms with E-state index in [9.17, 15) is 0 Å². The second-order valence-electron chi connectivity index (χ2n) is 3.00. The fourth-order valence-electron chi connectivity index (χ4n) is 1.03. The van der Waals surface area contributed by atoms with E-state index < -0.39 is 0 Å². The third kappa shape index (κ3) is 2.02. The third-order valence-electron chi connectivity index (χ3n) is 2.14. The Morgan fingerprint density at radius 3 is 2.40 bits per heavy atom. The number of hydrogen-bond acceptors (Lipinski definition) is 0. The third-order valence-corrected chi connectivity index (χ3v) is 2.14. The first-order valence-electron chi connectivity index (χ1n) is 3.61. The Labute approximate surface area is 64.6 Å². The van der Waals surface area contributed by atoms with E-state index in [1.165, 1.54) is 12.8 Å². The van der Waals surface area contributed by atoms with E-state index >= 15 is 0 Å². The SMILES string of the molecule is C.CC[C@]1(C)C=CC=CC1. The van der Waals surface area contributed by atoms with Gasteiger partial charge in [-0.3, -0.25) is 0 Å². The van der Waals surface area contributed by atoms with Gasteiger partial charge < -0.3 is 0 Å². The minimum atomic E-state index is 0. The fourth-order valence-corrected chi connectivity index (χ4v) is 1.03. The van der Waals surface area contributed by atoms with Gasteiger partial charge >= 0.3 is 0 Å². The zero-order chi connectivity index (χ0) is 6.74. The summed E-state index contributed by atoms with van der Waals surface area (Å²) in [6.45, 7) is 4.54. The maximum atomic E-state index is 2.30. The Balaban J connectivity index is 0.000000810. The summed E-state index contributed by atoms with van der Waals surface area (Å²) >= 11 is 0.